The van der Waals surface area contributed by atoms with Crippen molar-refractivity contribution in [2.45, 2.75) is 25.3 Å². The monoisotopic (exact) mass is 540 g/mol. The van der Waals surface area contributed by atoms with Crippen molar-refractivity contribution in [3.63, 3.8) is 0 Å². The Bertz CT molecular complexity index is 1690. The predicted octanol–water partition coefficient (Wildman–Crippen LogP) is 6.46. The fourth-order valence-electron chi connectivity index (χ4n) is 6.31. The molecule has 7 nitrogen and oxygen atoms in total. The number of halogens is 1. The average molecular weight is 541 g/mol. The molecule has 1 aromatic heterocycles. The van der Waals surface area contributed by atoms with Gasteiger partial charge in [-0.05, 0) is 72.8 Å². The van der Waals surface area contributed by atoms with Crippen LogP contribution >= 0.6 is 11.6 Å². The molecular weight excluding hydrogens is 516 g/mol. The Hall–Kier alpha value is -3.99. The van der Waals surface area contributed by atoms with Crippen molar-refractivity contribution in [3.05, 3.63) is 70.2 Å². The van der Waals surface area contributed by atoms with Crippen LogP contribution in [0, 0.1) is 17.2 Å². The fraction of sp³-hybridized carbons (Fsp3) is 0.290. The van der Waals surface area contributed by atoms with E-state index in [1.54, 1.807) is 0 Å². The summed E-state index contributed by atoms with van der Waals surface area (Å²) >= 11 is 6.96. The van der Waals surface area contributed by atoms with E-state index in [1.165, 1.54) is 0 Å². The van der Waals surface area contributed by atoms with Gasteiger partial charge in [0.1, 0.15) is 25.0 Å². The highest BCUT2D eigenvalue weighted by Crippen LogP contribution is 2.45. The zero-order valence-corrected chi connectivity index (χ0v) is 21.8. The lowest BCUT2D eigenvalue weighted by molar-refractivity contribution is -0.141. The topological polar surface area (TPSA) is 95.9 Å². The minimum atomic E-state index is -0.737. The molecule has 4 aromatic rings. The van der Waals surface area contributed by atoms with Crippen molar-refractivity contribution in [1.29, 1.82) is 5.26 Å². The highest BCUT2D eigenvalue weighted by Gasteiger charge is 2.37. The fourth-order valence-corrected chi connectivity index (χ4v) is 6.63. The molecule has 1 fully saturated rings. The quantitative estimate of drug-likeness (QED) is 0.317. The van der Waals surface area contributed by atoms with Crippen LogP contribution < -0.4 is 9.47 Å². The molecule has 2 atom stereocenters. The van der Waals surface area contributed by atoms with Gasteiger partial charge in [0.25, 0.3) is 0 Å². The largest absolute Gasteiger partial charge is 0.486 e. The Morgan fingerprint density at radius 1 is 1.05 bits per heavy atom. The molecule has 0 radical (unpaired) electrons. The molecule has 3 aliphatic rings. The highest BCUT2D eigenvalue weighted by molar-refractivity contribution is 6.36. The minimum absolute atomic E-state index is 0.112. The summed E-state index contributed by atoms with van der Waals surface area (Å²) in [5.74, 6) is 0.936. The van der Waals surface area contributed by atoms with Crippen LogP contribution in [0.25, 0.3) is 33.4 Å². The summed E-state index contributed by atoms with van der Waals surface area (Å²) in [6.07, 6.45) is 2.30. The van der Waals surface area contributed by atoms with E-state index in [-0.39, 0.29) is 12.0 Å². The molecule has 39 heavy (non-hydrogen) atoms. The zero-order valence-electron chi connectivity index (χ0n) is 21.1. The molecule has 3 heterocycles. The van der Waals surface area contributed by atoms with Crippen molar-refractivity contribution in [3.8, 4) is 40.0 Å². The number of carbonyl (C=O) groups is 1. The van der Waals surface area contributed by atoms with Gasteiger partial charge in [0.15, 0.2) is 17.1 Å². The number of fused-ring (bicyclic) bond motifs is 3. The maximum Gasteiger partial charge on any atom is 0.307 e. The number of benzene rings is 3. The molecule has 3 aromatic carbocycles. The summed E-state index contributed by atoms with van der Waals surface area (Å²) in [5, 5.41) is 21.0. The van der Waals surface area contributed by atoms with Gasteiger partial charge in [-0.1, -0.05) is 29.8 Å². The maximum absolute atomic E-state index is 11.5. The second kappa shape index (κ2) is 9.33. The van der Waals surface area contributed by atoms with Crippen molar-refractivity contribution in [2.75, 3.05) is 26.3 Å². The standard InChI is InChI=1S/C31H25ClN2O5/c32-29-20(17-4-7-26-28(13-17)38-11-10-37-26)2-1-3-22(29)27-14-19-12-23-21(24(15-33)30(19)39-27)5-6-25(23)34-9-8-18(16-34)31(35)36/h1-4,7,12-14,18,25H,5-6,8-11,16H2,(H,35,36). The molecule has 0 saturated carbocycles. The molecular formula is C31H25ClN2O5. The number of hydrogen-bond donors (Lipinski definition) is 1. The Kier molecular flexibility index (Phi) is 5.76. The minimum Gasteiger partial charge on any atom is -0.486 e. The van der Waals surface area contributed by atoms with Crippen molar-refractivity contribution < 1.29 is 23.8 Å². The zero-order chi connectivity index (χ0) is 26.7. The maximum atomic E-state index is 11.5. The van der Waals surface area contributed by atoms with Gasteiger partial charge in [-0.15, -0.1) is 0 Å². The molecule has 0 spiro atoms. The van der Waals surface area contributed by atoms with Gasteiger partial charge < -0.3 is 19.0 Å². The van der Waals surface area contributed by atoms with Crippen LogP contribution in [0.15, 0.2) is 52.9 Å². The molecule has 0 bridgehead atoms. The summed E-state index contributed by atoms with van der Waals surface area (Å²) < 4.78 is 17.7. The highest BCUT2D eigenvalue weighted by atomic mass is 35.5. The van der Waals surface area contributed by atoms with Gasteiger partial charge in [0.05, 0.1) is 16.5 Å². The van der Waals surface area contributed by atoms with Crippen LogP contribution in [-0.2, 0) is 11.2 Å². The van der Waals surface area contributed by atoms with Crippen LogP contribution in [-0.4, -0.2) is 42.3 Å². The number of rotatable bonds is 4. The van der Waals surface area contributed by atoms with Gasteiger partial charge >= 0.3 is 5.97 Å². The van der Waals surface area contributed by atoms with Gasteiger partial charge in [0, 0.05) is 29.1 Å². The number of hydrogen-bond acceptors (Lipinski definition) is 6. The van der Waals surface area contributed by atoms with Crippen LogP contribution in [0.4, 0.5) is 0 Å². The molecule has 1 saturated heterocycles. The van der Waals surface area contributed by atoms with Crippen molar-refractivity contribution >= 4 is 28.5 Å². The molecule has 2 aliphatic heterocycles. The summed E-state index contributed by atoms with van der Waals surface area (Å²) in [4.78, 5) is 13.8. The van der Waals surface area contributed by atoms with Gasteiger partial charge in [-0.25, -0.2) is 0 Å². The van der Waals surface area contributed by atoms with Crippen LogP contribution in [0.3, 0.4) is 0 Å². The molecule has 2 unspecified atom stereocenters. The molecule has 196 valence electrons. The van der Waals surface area contributed by atoms with Crippen LogP contribution in [0.1, 0.15) is 35.6 Å². The van der Waals surface area contributed by atoms with E-state index >= 15 is 0 Å². The van der Waals surface area contributed by atoms with E-state index < -0.39 is 5.97 Å². The van der Waals surface area contributed by atoms with E-state index in [4.69, 9.17) is 25.5 Å². The van der Waals surface area contributed by atoms with Gasteiger partial charge in [-0.2, -0.15) is 5.26 Å². The molecule has 7 rings (SSSR count). The first-order valence-electron chi connectivity index (χ1n) is 13.2. The number of furan rings is 1. The number of carboxylic acids is 1. The lowest BCUT2D eigenvalue weighted by Crippen LogP contribution is -2.26. The summed E-state index contributed by atoms with van der Waals surface area (Å²) in [7, 11) is 0. The van der Waals surface area contributed by atoms with Crippen molar-refractivity contribution in [2.24, 2.45) is 5.92 Å². The number of likely N-dealkylation sites (tertiary alicyclic amines) is 1. The van der Waals surface area contributed by atoms with Crippen LogP contribution in [0.2, 0.25) is 5.02 Å². The third-order valence-electron chi connectivity index (χ3n) is 8.21. The Morgan fingerprint density at radius 2 is 1.87 bits per heavy atom. The van der Waals surface area contributed by atoms with E-state index in [0.717, 1.165) is 58.3 Å². The van der Waals surface area contributed by atoms with Crippen molar-refractivity contribution in [1.82, 2.24) is 4.90 Å². The van der Waals surface area contributed by atoms with E-state index in [9.17, 15) is 15.2 Å². The average Bonchev–Trinajstić information content (AvgIpc) is 3.70. The first kappa shape index (κ1) is 24.1. The number of carboxylic acid groups (broad SMARTS) is 1. The normalized spacial score (nSPS) is 20.2. The lowest BCUT2D eigenvalue weighted by atomic mass is 9.99. The second-order valence-electron chi connectivity index (χ2n) is 10.4. The first-order chi connectivity index (χ1) is 19.0. The van der Waals surface area contributed by atoms with E-state index in [2.05, 4.69) is 17.0 Å². The lowest BCUT2D eigenvalue weighted by Gasteiger charge is -2.24. The van der Waals surface area contributed by atoms with Gasteiger partial charge in [0.2, 0.25) is 0 Å². The second-order valence-corrected chi connectivity index (χ2v) is 10.7. The van der Waals surface area contributed by atoms with Crippen LogP contribution in [0.5, 0.6) is 11.5 Å². The molecule has 1 aliphatic carbocycles. The predicted molar refractivity (Wildman–Crippen MR) is 146 cm³/mol. The molecule has 1 N–H and O–H groups in total. The van der Waals surface area contributed by atoms with E-state index in [1.807, 2.05) is 42.5 Å². The Morgan fingerprint density at radius 3 is 2.67 bits per heavy atom. The van der Waals surface area contributed by atoms with E-state index in [0.29, 0.717) is 53.9 Å². The summed E-state index contributed by atoms with van der Waals surface area (Å²) in [6, 6.07) is 18.2. The third kappa shape index (κ3) is 3.94. The summed E-state index contributed by atoms with van der Waals surface area (Å²) in [5.41, 5.74) is 5.73. The smallest absolute Gasteiger partial charge is 0.307 e. The number of nitrogens with zero attached hydrogens (tertiary/aromatic N) is 2. The number of nitriles is 1. The molecule has 8 heteroatoms. The first-order valence-corrected chi connectivity index (χ1v) is 13.5. The molecule has 0 amide bonds. The van der Waals surface area contributed by atoms with Gasteiger partial charge in [-0.3, -0.25) is 9.69 Å². The Labute approximate surface area is 230 Å². The summed E-state index contributed by atoms with van der Waals surface area (Å²) in [6.45, 7) is 2.33. The number of ether oxygens (including phenoxy) is 2. The SMILES string of the molecule is N#Cc1c2c(cc3cc(-c4cccc(-c5ccc6c(c5)OCCO6)c4Cl)oc13)C(N1CCC(C(=O)O)C1)CC2. The number of aliphatic carboxylic acids is 1. The Balaban J connectivity index is 1.28. The third-order valence-corrected chi connectivity index (χ3v) is 8.62.